The summed E-state index contributed by atoms with van der Waals surface area (Å²) >= 11 is 0. The average Bonchev–Trinajstić information content (AvgIpc) is 2.72. The van der Waals surface area contributed by atoms with E-state index in [1.165, 1.54) is 13.2 Å². The molecule has 1 aliphatic heterocycles. The van der Waals surface area contributed by atoms with Gasteiger partial charge in [0.05, 0.1) is 25.4 Å². The van der Waals surface area contributed by atoms with Crippen LogP contribution in [0.15, 0.2) is 24.3 Å². The van der Waals surface area contributed by atoms with Crippen LogP contribution in [0.1, 0.15) is 33.2 Å². The lowest BCUT2D eigenvalue weighted by atomic mass is 9.88. The lowest BCUT2D eigenvalue weighted by Gasteiger charge is -2.35. The molecule has 1 unspecified atom stereocenters. The molecular formula is C21H27NO5. The summed E-state index contributed by atoms with van der Waals surface area (Å²) in [5, 5.41) is 20.5. The van der Waals surface area contributed by atoms with Gasteiger partial charge in [-0.1, -0.05) is 0 Å². The van der Waals surface area contributed by atoms with E-state index in [0.29, 0.717) is 25.1 Å². The Balaban J connectivity index is 1.91. The third-order valence-electron chi connectivity index (χ3n) is 4.94. The fourth-order valence-electron chi connectivity index (χ4n) is 3.51. The number of phenols is 2. The van der Waals surface area contributed by atoms with E-state index < -0.39 is 6.02 Å². The Hall–Kier alpha value is -2.60. The Bertz CT molecular complexity index is 911. The lowest BCUT2D eigenvalue weighted by Crippen LogP contribution is -2.32. The second-order valence-corrected chi connectivity index (χ2v) is 6.53. The van der Waals surface area contributed by atoms with E-state index in [1.54, 1.807) is 18.2 Å². The van der Waals surface area contributed by atoms with Gasteiger partial charge in [-0.05, 0) is 67.3 Å². The number of hydrogen-bond acceptors (Lipinski definition) is 6. The summed E-state index contributed by atoms with van der Waals surface area (Å²) in [6.45, 7) is 0.694. The lowest BCUT2D eigenvalue weighted by molar-refractivity contribution is 0.218. The zero-order valence-electron chi connectivity index (χ0n) is 18.6. The molecule has 2 aromatic carbocycles. The molecule has 1 heterocycles. The predicted molar refractivity (Wildman–Crippen MR) is 103 cm³/mol. The van der Waals surface area contributed by atoms with Crippen molar-refractivity contribution in [1.82, 2.24) is 4.90 Å². The molecule has 3 rings (SSSR count). The largest absolute Gasteiger partial charge is 0.504 e. The van der Waals surface area contributed by atoms with Crippen molar-refractivity contribution in [2.45, 2.75) is 25.3 Å². The van der Waals surface area contributed by atoms with Gasteiger partial charge in [0, 0.05) is 12.6 Å². The van der Waals surface area contributed by atoms with Crippen molar-refractivity contribution in [2.24, 2.45) is 0 Å². The zero-order chi connectivity index (χ0) is 21.9. The van der Waals surface area contributed by atoms with Crippen LogP contribution < -0.4 is 14.2 Å². The molecule has 146 valence electrons. The molecule has 6 heteroatoms. The molecule has 2 N–H and O–H groups in total. The standard InChI is InChI=1S/C21H27NO5/c1-22-8-7-14-11-19(25-2)17(23)12-15(14)16(22)6-5-13-9-18(24)21(27-4)20(10-13)26-3/h9-12,16,23-24H,5-8H2,1-4H3/i3T,4T,16T. The van der Waals surface area contributed by atoms with E-state index in [2.05, 4.69) is 0 Å². The molecule has 0 aliphatic carbocycles. The van der Waals surface area contributed by atoms with Crippen LogP contribution >= 0.6 is 0 Å². The molecule has 0 fully saturated rings. The fraction of sp³-hybridized carbons (Fsp3) is 0.429. The number of rotatable bonds is 6. The molecule has 6 nitrogen and oxygen atoms in total. The van der Waals surface area contributed by atoms with Crippen LogP contribution in [0.2, 0.25) is 0 Å². The maximum Gasteiger partial charge on any atom is 0.203 e. The van der Waals surface area contributed by atoms with Crippen LogP contribution in [-0.2, 0) is 12.8 Å². The summed E-state index contributed by atoms with van der Waals surface area (Å²) in [5.74, 6) is 0.475. The van der Waals surface area contributed by atoms with Gasteiger partial charge in [-0.15, -0.1) is 0 Å². The summed E-state index contributed by atoms with van der Waals surface area (Å²) in [6, 6.07) is 5.52. The summed E-state index contributed by atoms with van der Waals surface area (Å²) in [7, 11) is 2.65. The molecule has 0 saturated carbocycles. The first-order valence-corrected chi connectivity index (χ1v) is 8.65. The summed E-state index contributed by atoms with van der Waals surface area (Å²) in [4.78, 5) is 1.94. The number of fused-ring (bicyclic) bond motifs is 1. The number of aromatic hydroxyl groups is 2. The smallest absolute Gasteiger partial charge is 0.203 e. The third-order valence-corrected chi connectivity index (χ3v) is 4.94. The first kappa shape index (κ1) is 15.5. The minimum atomic E-state index is -1.07. The SMILES string of the molecule is [3H]COc1cc(CCC2([3H])c3cc(O)c(OC)cc3CCN2C)cc(O)c1OC[3H]. The number of aryl methyl sites for hydroxylation is 1. The highest BCUT2D eigenvalue weighted by molar-refractivity contribution is 5.53. The highest BCUT2D eigenvalue weighted by Crippen LogP contribution is 2.41. The number of methoxy groups -OCH3 is 3. The molecule has 0 amide bonds. The van der Waals surface area contributed by atoms with Gasteiger partial charge in [-0.25, -0.2) is 0 Å². The van der Waals surface area contributed by atoms with Crippen LogP contribution in [0.3, 0.4) is 0 Å². The van der Waals surface area contributed by atoms with E-state index in [4.69, 9.17) is 17.0 Å². The molecule has 1 aliphatic rings. The molecule has 0 spiro atoms. The Morgan fingerprint density at radius 2 is 1.93 bits per heavy atom. The highest BCUT2D eigenvalue weighted by atomic mass is 16.5. The van der Waals surface area contributed by atoms with Crippen LogP contribution in [0.4, 0.5) is 0 Å². The average molecular weight is 379 g/mol. The maximum absolute atomic E-state index is 10.3. The topological polar surface area (TPSA) is 71.4 Å². The fourth-order valence-corrected chi connectivity index (χ4v) is 3.51. The summed E-state index contributed by atoms with van der Waals surface area (Å²) in [5.41, 5.74) is 2.42. The number of likely N-dealkylation sites (N-methyl/N-ethyl adjacent to an activating group) is 1. The van der Waals surface area contributed by atoms with Crippen molar-refractivity contribution < 1.29 is 28.5 Å². The number of nitrogens with zero attached hydrogens (tertiary/aromatic N) is 1. The van der Waals surface area contributed by atoms with E-state index in [0.717, 1.165) is 23.1 Å². The van der Waals surface area contributed by atoms with E-state index in [1.807, 2.05) is 11.9 Å². The van der Waals surface area contributed by atoms with Crippen LogP contribution in [0.5, 0.6) is 28.7 Å². The van der Waals surface area contributed by atoms with Gasteiger partial charge in [0.15, 0.2) is 23.0 Å². The maximum atomic E-state index is 10.3. The normalized spacial score (nSPS) is 20.9. The van der Waals surface area contributed by atoms with Crippen molar-refractivity contribution in [2.75, 3.05) is 34.9 Å². The number of phenolic OH excluding ortho intramolecular Hbond substituents is 2. The number of hydrogen-bond donors (Lipinski definition) is 2. The minimum absolute atomic E-state index is 0.00356. The van der Waals surface area contributed by atoms with Gasteiger partial charge < -0.3 is 24.4 Å². The van der Waals surface area contributed by atoms with E-state index >= 15 is 0 Å². The second kappa shape index (κ2) is 7.96. The Morgan fingerprint density at radius 1 is 1.11 bits per heavy atom. The van der Waals surface area contributed by atoms with E-state index in [9.17, 15) is 11.6 Å². The Morgan fingerprint density at radius 3 is 2.67 bits per heavy atom. The van der Waals surface area contributed by atoms with Crippen molar-refractivity contribution in [3.05, 3.63) is 41.0 Å². The van der Waals surface area contributed by atoms with Gasteiger partial charge in [-0.3, -0.25) is 4.90 Å². The van der Waals surface area contributed by atoms with Gasteiger partial charge in [0.25, 0.3) is 0 Å². The Kier molecular flexibility index (Phi) is 4.56. The van der Waals surface area contributed by atoms with Crippen molar-refractivity contribution >= 4 is 0 Å². The molecule has 2 aromatic rings. The van der Waals surface area contributed by atoms with Crippen LogP contribution in [0, 0.1) is 0 Å². The molecule has 27 heavy (non-hydrogen) atoms. The van der Waals surface area contributed by atoms with Crippen molar-refractivity contribution in [3.8, 4) is 28.7 Å². The van der Waals surface area contributed by atoms with Crippen LogP contribution in [-0.4, -0.2) is 50.0 Å². The number of ether oxygens (including phenoxy) is 3. The first-order valence-electron chi connectivity index (χ1n) is 10.6. The van der Waals surface area contributed by atoms with Crippen molar-refractivity contribution in [3.63, 3.8) is 0 Å². The molecular weight excluding hydrogens is 346 g/mol. The summed E-state index contributed by atoms with van der Waals surface area (Å²) in [6.07, 6.45) is 1.61. The van der Waals surface area contributed by atoms with Gasteiger partial charge in [0.2, 0.25) is 5.75 Å². The minimum Gasteiger partial charge on any atom is -0.504 e. The summed E-state index contributed by atoms with van der Waals surface area (Å²) < 4.78 is 39.2. The molecule has 0 saturated heterocycles. The zero-order valence-corrected chi connectivity index (χ0v) is 15.6. The monoisotopic (exact) mass is 379 g/mol. The van der Waals surface area contributed by atoms with E-state index in [-0.39, 0.29) is 37.2 Å². The molecule has 0 bridgehead atoms. The van der Waals surface area contributed by atoms with Gasteiger partial charge in [0.1, 0.15) is 0 Å². The molecule has 1 atom stereocenters. The molecule has 0 radical (unpaired) electrons. The number of benzene rings is 2. The highest BCUT2D eigenvalue weighted by Gasteiger charge is 2.26. The van der Waals surface area contributed by atoms with Gasteiger partial charge in [-0.2, -0.15) is 0 Å². The molecule has 0 aromatic heterocycles. The predicted octanol–water partition coefficient (Wildman–Crippen LogP) is 3.29. The quantitative estimate of drug-likeness (QED) is 0.803. The van der Waals surface area contributed by atoms with Crippen molar-refractivity contribution in [1.29, 1.82) is 0 Å². The van der Waals surface area contributed by atoms with Gasteiger partial charge >= 0.3 is 0 Å². The van der Waals surface area contributed by atoms with Crippen LogP contribution in [0.25, 0.3) is 0 Å². The first-order chi connectivity index (χ1) is 14.3. The second-order valence-electron chi connectivity index (χ2n) is 6.53. The third kappa shape index (κ3) is 3.76. The Labute approximate surface area is 164 Å².